The van der Waals surface area contributed by atoms with Gasteiger partial charge in [0, 0.05) is 17.5 Å². The molecule has 112 valence electrons. The molecule has 1 aliphatic rings. The second-order valence-electron chi connectivity index (χ2n) is 6.68. The van der Waals surface area contributed by atoms with Crippen LogP contribution in [0.3, 0.4) is 0 Å². The molecule has 2 rings (SSSR count). The van der Waals surface area contributed by atoms with E-state index in [1.54, 1.807) is 11.3 Å². The summed E-state index contributed by atoms with van der Waals surface area (Å²) >= 11 is 1.76. The summed E-state index contributed by atoms with van der Waals surface area (Å²) < 4.78 is 0. The molecule has 2 N–H and O–H groups in total. The van der Waals surface area contributed by atoms with Crippen molar-refractivity contribution in [1.82, 2.24) is 5.32 Å². The van der Waals surface area contributed by atoms with Gasteiger partial charge in [0.2, 0.25) is 5.91 Å². The smallest absolute Gasteiger partial charge is 0.227 e. The zero-order valence-corrected chi connectivity index (χ0v) is 13.4. The second-order valence-corrected chi connectivity index (χ2v) is 7.68. The summed E-state index contributed by atoms with van der Waals surface area (Å²) in [7, 11) is 0. The van der Waals surface area contributed by atoms with Crippen molar-refractivity contribution in [2.24, 2.45) is 5.41 Å². The highest BCUT2D eigenvalue weighted by atomic mass is 32.1. The Labute approximate surface area is 125 Å². The van der Waals surface area contributed by atoms with Crippen molar-refractivity contribution in [2.75, 3.05) is 6.61 Å². The standard InChI is InChI=1S/C16H25NO2S/c1-16(2,3)14(7-9-18)17-15(19)12-5-4-6-13-11(12)8-10-20-13/h8,10,12,14,18H,4-7,9H2,1-3H3,(H,17,19). The van der Waals surface area contributed by atoms with Crippen LogP contribution in [-0.2, 0) is 11.2 Å². The van der Waals surface area contributed by atoms with Crippen molar-refractivity contribution in [1.29, 1.82) is 0 Å². The normalized spacial score (nSPS) is 20.3. The predicted molar refractivity (Wildman–Crippen MR) is 83.1 cm³/mol. The molecule has 1 aromatic heterocycles. The van der Waals surface area contributed by atoms with Gasteiger partial charge in [-0.25, -0.2) is 0 Å². The van der Waals surface area contributed by atoms with Gasteiger partial charge in [-0.3, -0.25) is 4.79 Å². The monoisotopic (exact) mass is 295 g/mol. The third-order valence-corrected chi connectivity index (χ3v) is 5.14. The maximum absolute atomic E-state index is 12.6. The number of thiophene rings is 1. The molecule has 1 amide bonds. The van der Waals surface area contributed by atoms with E-state index in [0.717, 1.165) is 19.3 Å². The molecular formula is C16H25NO2S. The Bertz CT molecular complexity index is 461. The molecule has 20 heavy (non-hydrogen) atoms. The fourth-order valence-electron chi connectivity index (χ4n) is 2.88. The SMILES string of the molecule is CC(C)(C)C(CCO)NC(=O)C1CCCc2sccc21. The molecule has 2 unspecified atom stereocenters. The number of hydrogen-bond acceptors (Lipinski definition) is 3. The molecule has 1 heterocycles. The fourth-order valence-corrected chi connectivity index (χ4v) is 3.87. The summed E-state index contributed by atoms with van der Waals surface area (Å²) in [6, 6.07) is 2.12. The van der Waals surface area contributed by atoms with Crippen molar-refractivity contribution >= 4 is 17.2 Å². The molecule has 3 nitrogen and oxygen atoms in total. The summed E-state index contributed by atoms with van der Waals surface area (Å²) in [5, 5.41) is 14.5. The molecule has 2 atom stereocenters. The Morgan fingerprint density at radius 2 is 2.30 bits per heavy atom. The molecule has 0 aromatic carbocycles. The van der Waals surface area contributed by atoms with E-state index in [1.165, 1.54) is 10.4 Å². The number of hydrogen-bond donors (Lipinski definition) is 2. The van der Waals surface area contributed by atoms with Crippen LogP contribution in [0.2, 0.25) is 0 Å². The van der Waals surface area contributed by atoms with Gasteiger partial charge in [-0.05, 0) is 48.1 Å². The summed E-state index contributed by atoms with van der Waals surface area (Å²) in [6.07, 6.45) is 3.74. The molecule has 1 aliphatic carbocycles. The molecule has 1 aromatic rings. The fraction of sp³-hybridized carbons (Fsp3) is 0.688. The van der Waals surface area contributed by atoms with Crippen molar-refractivity contribution < 1.29 is 9.90 Å². The van der Waals surface area contributed by atoms with Crippen LogP contribution in [-0.4, -0.2) is 23.7 Å². The highest BCUT2D eigenvalue weighted by Crippen LogP contribution is 2.35. The lowest BCUT2D eigenvalue weighted by molar-refractivity contribution is -0.124. The zero-order chi connectivity index (χ0) is 14.8. The third-order valence-electron chi connectivity index (χ3n) is 4.15. The average molecular weight is 295 g/mol. The summed E-state index contributed by atoms with van der Waals surface area (Å²) in [5.41, 5.74) is 1.18. The van der Waals surface area contributed by atoms with Gasteiger partial charge in [0.05, 0.1) is 5.92 Å². The summed E-state index contributed by atoms with van der Waals surface area (Å²) in [6.45, 7) is 6.41. The Hall–Kier alpha value is -0.870. The number of aryl methyl sites for hydroxylation is 1. The average Bonchev–Trinajstić information content (AvgIpc) is 2.84. The van der Waals surface area contributed by atoms with E-state index in [2.05, 4.69) is 37.5 Å². The van der Waals surface area contributed by atoms with Gasteiger partial charge < -0.3 is 10.4 Å². The molecule has 0 saturated carbocycles. The molecule has 0 fully saturated rings. The van der Waals surface area contributed by atoms with Crippen LogP contribution in [0.4, 0.5) is 0 Å². The first-order valence-electron chi connectivity index (χ1n) is 7.41. The van der Waals surface area contributed by atoms with Crippen LogP contribution in [0.5, 0.6) is 0 Å². The second kappa shape index (κ2) is 6.27. The van der Waals surface area contributed by atoms with Gasteiger partial charge in [0.1, 0.15) is 0 Å². The molecule has 0 saturated heterocycles. The third kappa shape index (κ3) is 3.41. The van der Waals surface area contributed by atoms with Crippen molar-refractivity contribution in [2.45, 2.75) is 58.4 Å². The summed E-state index contributed by atoms with van der Waals surface area (Å²) in [5.74, 6) is 0.117. The first kappa shape index (κ1) is 15.5. The van der Waals surface area contributed by atoms with Gasteiger partial charge >= 0.3 is 0 Å². The van der Waals surface area contributed by atoms with E-state index in [4.69, 9.17) is 0 Å². The van der Waals surface area contributed by atoms with Gasteiger partial charge in [-0.2, -0.15) is 0 Å². The first-order valence-corrected chi connectivity index (χ1v) is 8.29. The van der Waals surface area contributed by atoms with Crippen LogP contribution >= 0.6 is 11.3 Å². The van der Waals surface area contributed by atoms with Gasteiger partial charge in [0.25, 0.3) is 0 Å². The van der Waals surface area contributed by atoms with E-state index < -0.39 is 0 Å². The largest absolute Gasteiger partial charge is 0.396 e. The molecule has 4 heteroatoms. The Morgan fingerprint density at radius 3 is 2.95 bits per heavy atom. The quantitative estimate of drug-likeness (QED) is 0.897. The van der Waals surface area contributed by atoms with E-state index >= 15 is 0 Å². The number of amides is 1. The van der Waals surface area contributed by atoms with Crippen LogP contribution in [0.15, 0.2) is 11.4 Å². The predicted octanol–water partition coefficient (Wildman–Crippen LogP) is 3.08. The minimum absolute atomic E-state index is 0.00598. The summed E-state index contributed by atoms with van der Waals surface area (Å²) in [4.78, 5) is 14.0. The van der Waals surface area contributed by atoms with Gasteiger partial charge in [-0.15, -0.1) is 11.3 Å². The lowest BCUT2D eigenvalue weighted by Crippen LogP contribution is -2.46. The first-order chi connectivity index (χ1) is 9.43. The Balaban J connectivity index is 2.09. The maximum atomic E-state index is 12.6. The van der Waals surface area contributed by atoms with Crippen LogP contribution < -0.4 is 5.32 Å². The number of aliphatic hydroxyl groups excluding tert-OH is 1. The number of carbonyl (C=O) groups excluding carboxylic acids is 1. The minimum Gasteiger partial charge on any atom is -0.396 e. The molecule has 0 aliphatic heterocycles. The van der Waals surface area contributed by atoms with Crippen LogP contribution in [0, 0.1) is 5.41 Å². The molecule has 0 radical (unpaired) electrons. The van der Waals surface area contributed by atoms with Crippen LogP contribution in [0.25, 0.3) is 0 Å². The maximum Gasteiger partial charge on any atom is 0.227 e. The van der Waals surface area contributed by atoms with Crippen molar-refractivity contribution in [3.8, 4) is 0 Å². The number of nitrogens with one attached hydrogen (secondary N) is 1. The van der Waals surface area contributed by atoms with Gasteiger partial charge in [-0.1, -0.05) is 20.8 Å². The Kier molecular flexibility index (Phi) is 4.86. The lowest BCUT2D eigenvalue weighted by Gasteiger charge is -2.33. The molecule has 0 bridgehead atoms. The number of aliphatic hydroxyl groups is 1. The van der Waals surface area contributed by atoms with Gasteiger partial charge in [0.15, 0.2) is 0 Å². The van der Waals surface area contributed by atoms with E-state index in [0.29, 0.717) is 6.42 Å². The number of fused-ring (bicyclic) bond motifs is 1. The van der Waals surface area contributed by atoms with E-state index in [-0.39, 0.29) is 29.9 Å². The van der Waals surface area contributed by atoms with Crippen LogP contribution in [0.1, 0.15) is 56.4 Å². The lowest BCUT2D eigenvalue weighted by atomic mass is 9.83. The highest BCUT2D eigenvalue weighted by molar-refractivity contribution is 7.10. The minimum atomic E-state index is -0.0372. The van der Waals surface area contributed by atoms with E-state index in [9.17, 15) is 9.90 Å². The van der Waals surface area contributed by atoms with Crippen molar-refractivity contribution in [3.05, 3.63) is 21.9 Å². The molecule has 0 spiro atoms. The topological polar surface area (TPSA) is 49.3 Å². The number of carbonyl (C=O) groups is 1. The Morgan fingerprint density at radius 1 is 1.55 bits per heavy atom. The zero-order valence-electron chi connectivity index (χ0n) is 12.6. The number of rotatable bonds is 4. The van der Waals surface area contributed by atoms with Crippen molar-refractivity contribution in [3.63, 3.8) is 0 Å². The van der Waals surface area contributed by atoms with E-state index in [1.807, 2.05) is 0 Å². The molecular weight excluding hydrogens is 270 g/mol. The highest BCUT2D eigenvalue weighted by Gasteiger charge is 2.31.